The molecule has 0 saturated heterocycles. The lowest BCUT2D eigenvalue weighted by atomic mass is 9.96. The zero-order valence-electron chi connectivity index (χ0n) is 12.6. The van der Waals surface area contributed by atoms with Crippen LogP contribution in [0.3, 0.4) is 0 Å². The highest BCUT2D eigenvalue weighted by molar-refractivity contribution is 7.22. The van der Waals surface area contributed by atoms with Crippen LogP contribution in [0.4, 0.5) is 5.13 Å². The topological polar surface area (TPSA) is 77.2 Å². The first kappa shape index (κ1) is 15.7. The highest BCUT2D eigenvalue weighted by Gasteiger charge is 2.19. The highest BCUT2D eigenvalue weighted by atomic mass is 32.1. The van der Waals surface area contributed by atoms with Crippen molar-refractivity contribution in [2.75, 3.05) is 19.0 Å². The van der Waals surface area contributed by atoms with Crippen LogP contribution in [0.2, 0.25) is 0 Å². The Balaban J connectivity index is 2.13. The largest absolute Gasteiger partial charge is 0.497 e. The summed E-state index contributed by atoms with van der Waals surface area (Å²) in [5, 5.41) is 3.48. The molecule has 0 aliphatic carbocycles. The molecular formula is C15H21N3O2S. The first-order valence-corrected chi connectivity index (χ1v) is 7.80. The van der Waals surface area contributed by atoms with Crippen molar-refractivity contribution >= 4 is 32.6 Å². The van der Waals surface area contributed by atoms with Crippen molar-refractivity contribution in [2.24, 2.45) is 17.6 Å². The number of amides is 1. The van der Waals surface area contributed by atoms with Crippen molar-refractivity contribution in [3.8, 4) is 5.75 Å². The van der Waals surface area contributed by atoms with Gasteiger partial charge in [-0.15, -0.1) is 0 Å². The van der Waals surface area contributed by atoms with Crippen molar-refractivity contribution < 1.29 is 9.53 Å². The summed E-state index contributed by atoms with van der Waals surface area (Å²) in [4.78, 5) is 16.6. The summed E-state index contributed by atoms with van der Waals surface area (Å²) in [6.07, 6.45) is 0.779. The molecule has 21 heavy (non-hydrogen) atoms. The molecule has 3 N–H and O–H groups in total. The molecule has 1 heterocycles. The smallest absolute Gasteiger partial charge is 0.230 e. The highest BCUT2D eigenvalue weighted by Crippen LogP contribution is 2.29. The van der Waals surface area contributed by atoms with Gasteiger partial charge < -0.3 is 15.8 Å². The number of carbonyl (C=O) groups is 1. The number of nitrogens with one attached hydrogen (secondary N) is 1. The van der Waals surface area contributed by atoms with Crippen LogP contribution in [0.25, 0.3) is 10.2 Å². The van der Waals surface area contributed by atoms with E-state index in [2.05, 4.69) is 24.1 Å². The molecule has 2 rings (SSSR count). The SMILES string of the molecule is COc1ccc2nc(NC(=O)C(CN)CC(C)C)sc2c1. The molecule has 1 aromatic carbocycles. The Morgan fingerprint density at radius 3 is 2.86 bits per heavy atom. The van der Waals surface area contributed by atoms with E-state index in [0.29, 0.717) is 17.6 Å². The maximum Gasteiger partial charge on any atom is 0.230 e. The Kier molecular flexibility index (Phi) is 5.14. The second-order valence-electron chi connectivity index (χ2n) is 5.40. The van der Waals surface area contributed by atoms with Crippen LogP contribution in [0, 0.1) is 11.8 Å². The standard InChI is InChI=1S/C15H21N3O2S/c1-9(2)6-10(8-16)14(19)18-15-17-12-5-4-11(20-3)7-13(12)21-15/h4-5,7,9-10H,6,8,16H2,1-3H3,(H,17,18,19). The van der Waals surface area contributed by atoms with Crippen LogP contribution in [0.1, 0.15) is 20.3 Å². The summed E-state index contributed by atoms with van der Waals surface area (Å²) in [5.74, 6) is 0.983. The summed E-state index contributed by atoms with van der Waals surface area (Å²) < 4.78 is 6.17. The summed E-state index contributed by atoms with van der Waals surface area (Å²) in [6.45, 7) is 4.52. The van der Waals surface area contributed by atoms with Gasteiger partial charge >= 0.3 is 0 Å². The van der Waals surface area contributed by atoms with Crippen molar-refractivity contribution in [3.05, 3.63) is 18.2 Å². The van der Waals surface area contributed by atoms with Crippen LogP contribution in [0.5, 0.6) is 5.75 Å². The molecule has 0 aliphatic rings. The van der Waals surface area contributed by atoms with Crippen LogP contribution >= 0.6 is 11.3 Å². The average molecular weight is 307 g/mol. The molecule has 0 bridgehead atoms. The Bertz CT molecular complexity index is 624. The number of thiazole rings is 1. The fourth-order valence-electron chi connectivity index (χ4n) is 2.17. The molecule has 1 atom stereocenters. The first-order valence-electron chi connectivity index (χ1n) is 6.99. The van der Waals surface area contributed by atoms with E-state index in [1.807, 2.05) is 18.2 Å². The normalized spacial score (nSPS) is 12.6. The van der Waals surface area contributed by atoms with E-state index in [4.69, 9.17) is 10.5 Å². The Hall–Kier alpha value is -1.66. The number of aromatic nitrogens is 1. The molecule has 0 radical (unpaired) electrons. The zero-order chi connectivity index (χ0) is 15.4. The molecule has 6 heteroatoms. The van der Waals surface area contributed by atoms with E-state index < -0.39 is 0 Å². The predicted octanol–water partition coefficient (Wildman–Crippen LogP) is 2.86. The molecule has 0 aliphatic heterocycles. The molecule has 1 unspecified atom stereocenters. The second kappa shape index (κ2) is 6.87. The van der Waals surface area contributed by atoms with Crippen LogP contribution in [-0.2, 0) is 4.79 Å². The van der Waals surface area contributed by atoms with Gasteiger partial charge in [0.25, 0.3) is 0 Å². The van der Waals surface area contributed by atoms with Gasteiger partial charge in [0.1, 0.15) is 5.75 Å². The molecule has 2 aromatic rings. The summed E-state index contributed by atoms with van der Waals surface area (Å²) >= 11 is 1.44. The number of ether oxygens (including phenoxy) is 1. The van der Waals surface area contributed by atoms with Crippen molar-refractivity contribution in [1.82, 2.24) is 4.98 Å². The van der Waals surface area contributed by atoms with Gasteiger partial charge in [-0.2, -0.15) is 0 Å². The lowest BCUT2D eigenvalue weighted by Crippen LogP contribution is -2.30. The minimum absolute atomic E-state index is 0.0581. The molecule has 1 aromatic heterocycles. The van der Waals surface area contributed by atoms with Gasteiger partial charge in [0.2, 0.25) is 5.91 Å². The molecule has 0 spiro atoms. The van der Waals surface area contributed by atoms with Gasteiger partial charge in [-0.25, -0.2) is 4.98 Å². The number of nitrogens with two attached hydrogens (primary N) is 1. The Morgan fingerprint density at radius 1 is 1.48 bits per heavy atom. The average Bonchev–Trinajstić information content (AvgIpc) is 2.85. The Labute approximate surface area is 128 Å². The number of fused-ring (bicyclic) bond motifs is 1. The summed E-state index contributed by atoms with van der Waals surface area (Å²) in [7, 11) is 1.63. The fourth-order valence-corrected chi connectivity index (χ4v) is 3.07. The quantitative estimate of drug-likeness (QED) is 0.860. The summed E-state index contributed by atoms with van der Waals surface area (Å²) in [5.41, 5.74) is 6.55. The minimum Gasteiger partial charge on any atom is -0.497 e. The van der Waals surface area contributed by atoms with Crippen molar-refractivity contribution in [1.29, 1.82) is 0 Å². The Morgan fingerprint density at radius 2 is 2.24 bits per heavy atom. The van der Waals surface area contributed by atoms with E-state index in [-0.39, 0.29) is 11.8 Å². The number of carbonyl (C=O) groups excluding carboxylic acids is 1. The lowest BCUT2D eigenvalue weighted by molar-refractivity contribution is -0.120. The molecule has 5 nitrogen and oxygen atoms in total. The number of rotatable bonds is 6. The van der Waals surface area contributed by atoms with E-state index in [1.54, 1.807) is 7.11 Å². The fraction of sp³-hybridized carbons (Fsp3) is 0.467. The van der Waals surface area contributed by atoms with Crippen LogP contribution in [-0.4, -0.2) is 24.5 Å². The third-order valence-corrected chi connectivity index (χ3v) is 4.17. The molecule has 0 saturated carbocycles. The minimum atomic E-state index is -0.174. The lowest BCUT2D eigenvalue weighted by Gasteiger charge is -2.15. The number of methoxy groups -OCH3 is 1. The maximum atomic E-state index is 12.2. The van der Waals surface area contributed by atoms with Crippen molar-refractivity contribution in [3.63, 3.8) is 0 Å². The van der Waals surface area contributed by atoms with Gasteiger partial charge in [0, 0.05) is 6.54 Å². The molecular weight excluding hydrogens is 286 g/mol. The second-order valence-corrected chi connectivity index (χ2v) is 6.43. The molecule has 114 valence electrons. The van der Waals surface area contributed by atoms with Crippen LogP contribution in [0.15, 0.2) is 18.2 Å². The third kappa shape index (κ3) is 3.92. The summed E-state index contributed by atoms with van der Waals surface area (Å²) in [6, 6.07) is 5.65. The first-order chi connectivity index (χ1) is 10.0. The van der Waals surface area contributed by atoms with Gasteiger partial charge in [0.15, 0.2) is 5.13 Å². The van der Waals surface area contributed by atoms with Gasteiger partial charge in [-0.1, -0.05) is 25.2 Å². The van der Waals surface area contributed by atoms with Gasteiger partial charge in [-0.3, -0.25) is 4.79 Å². The van der Waals surface area contributed by atoms with Crippen LogP contribution < -0.4 is 15.8 Å². The number of nitrogens with zero attached hydrogens (tertiary/aromatic N) is 1. The predicted molar refractivity (Wildman–Crippen MR) is 86.8 cm³/mol. The zero-order valence-corrected chi connectivity index (χ0v) is 13.4. The molecule has 0 fully saturated rings. The number of hydrogen-bond acceptors (Lipinski definition) is 5. The van der Waals surface area contributed by atoms with E-state index in [1.165, 1.54) is 11.3 Å². The van der Waals surface area contributed by atoms with E-state index >= 15 is 0 Å². The van der Waals surface area contributed by atoms with E-state index in [9.17, 15) is 4.79 Å². The molecule has 1 amide bonds. The third-order valence-electron chi connectivity index (χ3n) is 3.24. The van der Waals surface area contributed by atoms with Crippen molar-refractivity contribution in [2.45, 2.75) is 20.3 Å². The van der Waals surface area contributed by atoms with E-state index in [0.717, 1.165) is 22.4 Å². The maximum absolute atomic E-state index is 12.2. The number of anilines is 1. The number of benzene rings is 1. The number of hydrogen-bond donors (Lipinski definition) is 2. The monoisotopic (exact) mass is 307 g/mol. The van der Waals surface area contributed by atoms with Gasteiger partial charge in [0.05, 0.1) is 23.2 Å². The van der Waals surface area contributed by atoms with Gasteiger partial charge in [-0.05, 0) is 30.5 Å².